The Labute approximate surface area is 94.0 Å². The van der Waals surface area contributed by atoms with E-state index < -0.39 is 0 Å². The van der Waals surface area contributed by atoms with Crippen molar-refractivity contribution in [2.75, 3.05) is 0 Å². The van der Waals surface area contributed by atoms with Gasteiger partial charge < -0.3 is 0 Å². The number of hydrogen-bond acceptors (Lipinski definition) is 0. The van der Waals surface area contributed by atoms with Crippen molar-refractivity contribution in [1.29, 1.82) is 0 Å². The normalized spacial score (nSPS) is 13.5. The standard InChI is InChI=1S/C15H22/c1-5-6-12-14(15(2,3)4)13-10-8-7-9-11-13/h5,7-11,14H,1,6,12H2,2-4H3. The monoisotopic (exact) mass is 202 g/mol. The molecule has 1 atom stereocenters. The van der Waals surface area contributed by atoms with Crippen LogP contribution in [-0.4, -0.2) is 0 Å². The molecule has 0 fully saturated rings. The van der Waals surface area contributed by atoms with E-state index in [0.29, 0.717) is 11.3 Å². The van der Waals surface area contributed by atoms with Gasteiger partial charge in [0.05, 0.1) is 0 Å². The first kappa shape index (κ1) is 12.0. The molecule has 0 saturated carbocycles. The Kier molecular flexibility index (Phi) is 4.14. The maximum atomic E-state index is 3.81. The second-order valence-electron chi connectivity index (χ2n) is 5.20. The van der Waals surface area contributed by atoms with Crippen LogP contribution >= 0.6 is 0 Å². The molecule has 0 saturated heterocycles. The molecular weight excluding hydrogens is 180 g/mol. The van der Waals surface area contributed by atoms with Gasteiger partial charge in [0, 0.05) is 0 Å². The quantitative estimate of drug-likeness (QED) is 0.616. The van der Waals surface area contributed by atoms with Gasteiger partial charge in [0.15, 0.2) is 0 Å². The molecule has 0 heteroatoms. The fourth-order valence-corrected chi connectivity index (χ4v) is 2.07. The molecule has 0 aliphatic heterocycles. The van der Waals surface area contributed by atoms with E-state index in [2.05, 4.69) is 57.7 Å². The van der Waals surface area contributed by atoms with Crippen molar-refractivity contribution >= 4 is 0 Å². The van der Waals surface area contributed by atoms with E-state index in [0.717, 1.165) is 6.42 Å². The summed E-state index contributed by atoms with van der Waals surface area (Å²) in [6, 6.07) is 10.8. The van der Waals surface area contributed by atoms with E-state index in [9.17, 15) is 0 Å². The van der Waals surface area contributed by atoms with Crippen LogP contribution in [0.2, 0.25) is 0 Å². The number of allylic oxidation sites excluding steroid dienone is 1. The van der Waals surface area contributed by atoms with Crippen molar-refractivity contribution in [2.24, 2.45) is 5.41 Å². The van der Waals surface area contributed by atoms with E-state index in [1.165, 1.54) is 12.0 Å². The third kappa shape index (κ3) is 3.54. The van der Waals surface area contributed by atoms with Crippen LogP contribution in [0.1, 0.15) is 45.1 Å². The molecule has 1 rings (SSSR count). The molecule has 15 heavy (non-hydrogen) atoms. The second-order valence-corrected chi connectivity index (χ2v) is 5.20. The fraction of sp³-hybridized carbons (Fsp3) is 0.467. The molecule has 0 aliphatic rings. The molecule has 1 unspecified atom stereocenters. The summed E-state index contributed by atoms with van der Waals surface area (Å²) < 4.78 is 0. The van der Waals surface area contributed by atoms with Crippen molar-refractivity contribution in [2.45, 2.75) is 39.5 Å². The van der Waals surface area contributed by atoms with E-state index in [1.807, 2.05) is 6.08 Å². The Hall–Kier alpha value is -1.04. The first-order valence-electron chi connectivity index (χ1n) is 5.71. The highest BCUT2D eigenvalue weighted by molar-refractivity contribution is 5.21. The van der Waals surface area contributed by atoms with Gasteiger partial charge in [-0.3, -0.25) is 0 Å². The molecule has 0 bridgehead atoms. The zero-order valence-electron chi connectivity index (χ0n) is 10.2. The molecule has 0 nitrogen and oxygen atoms in total. The average molecular weight is 202 g/mol. The van der Waals surface area contributed by atoms with Gasteiger partial charge >= 0.3 is 0 Å². The minimum atomic E-state index is 0.324. The predicted octanol–water partition coefficient (Wildman–Crippen LogP) is 4.78. The van der Waals surface area contributed by atoms with Gasteiger partial charge in [-0.1, -0.05) is 57.2 Å². The summed E-state index contributed by atoms with van der Waals surface area (Å²) >= 11 is 0. The maximum absolute atomic E-state index is 3.81. The summed E-state index contributed by atoms with van der Waals surface area (Å²) in [5.74, 6) is 0.622. The first-order chi connectivity index (χ1) is 7.05. The Morgan fingerprint density at radius 1 is 1.20 bits per heavy atom. The Morgan fingerprint density at radius 2 is 1.80 bits per heavy atom. The van der Waals surface area contributed by atoms with E-state index in [-0.39, 0.29) is 0 Å². The van der Waals surface area contributed by atoms with Gasteiger partial charge in [-0.15, -0.1) is 6.58 Å². The van der Waals surface area contributed by atoms with Crippen LogP contribution in [0, 0.1) is 5.41 Å². The maximum Gasteiger partial charge on any atom is -0.0110 e. The van der Waals surface area contributed by atoms with Gasteiger partial charge in [0.2, 0.25) is 0 Å². The molecule has 0 spiro atoms. The van der Waals surface area contributed by atoms with Crippen molar-refractivity contribution < 1.29 is 0 Å². The van der Waals surface area contributed by atoms with Crippen molar-refractivity contribution in [3.63, 3.8) is 0 Å². The molecule has 0 aliphatic carbocycles. The molecule has 1 aromatic carbocycles. The van der Waals surface area contributed by atoms with Gasteiger partial charge in [-0.2, -0.15) is 0 Å². The molecule has 0 radical (unpaired) electrons. The van der Waals surface area contributed by atoms with Crippen LogP contribution < -0.4 is 0 Å². The third-order valence-corrected chi connectivity index (χ3v) is 2.91. The highest BCUT2D eigenvalue weighted by Crippen LogP contribution is 2.38. The SMILES string of the molecule is C=CCCC(c1ccccc1)C(C)(C)C. The zero-order chi connectivity index (χ0) is 11.3. The molecule has 0 aromatic heterocycles. The van der Waals surface area contributed by atoms with Crippen molar-refractivity contribution in [1.82, 2.24) is 0 Å². The van der Waals surface area contributed by atoms with Crippen LogP contribution in [0.25, 0.3) is 0 Å². The zero-order valence-corrected chi connectivity index (χ0v) is 10.2. The lowest BCUT2D eigenvalue weighted by Crippen LogP contribution is -2.18. The highest BCUT2D eigenvalue weighted by atomic mass is 14.3. The summed E-state index contributed by atoms with van der Waals surface area (Å²) in [7, 11) is 0. The molecule has 82 valence electrons. The largest absolute Gasteiger partial charge is 0.103 e. The molecule has 0 N–H and O–H groups in total. The van der Waals surface area contributed by atoms with Gasteiger partial charge in [0.1, 0.15) is 0 Å². The Bertz CT molecular complexity index is 290. The van der Waals surface area contributed by atoms with Crippen LogP contribution in [0.3, 0.4) is 0 Å². The van der Waals surface area contributed by atoms with Crippen molar-refractivity contribution in [3.05, 3.63) is 48.6 Å². The second kappa shape index (κ2) is 5.16. The summed E-state index contributed by atoms with van der Waals surface area (Å²) in [4.78, 5) is 0. The Morgan fingerprint density at radius 3 is 2.27 bits per heavy atom. The summed E-state index contributed by atoms with van der Waals surface area (Å²) in [6.45, 7) is 10.7. The van der Waals surface area contributed by atoms with E-state index in [1.54, 1.807) is 0 Å². The number of hydrogen-bond donors (Lipinski definition) is 0. The number of benzene rings is 1. The lowest BCUT2D eigenvalue weighted by molar-refractivity contribution is 0.306. The number of rotatable bonds is 4. The van der Waals surface area contributed by atoms with Gasteiger partial charge in [-0.25, -0.2) is 0 Å². The smallest absolute Gasteiger partial charge is 0.0110 e. The molecule has 0 amide bonds. The van der Waals surface area contributed by atoms with Gasteiger partial charge in [0.25, 0.3) is 0 Å². The minimum Gasteiger partial charge on any atom is -0.103 e. The lowest BCUT2D eigenvalue weighted by Gasteiger charge is -2.31. The lowest BCUT2D eigenvalue weighted by atomic mass is 9.74. The summed E-state index contributed by atoms with van der Waals surface area (Å²) in [5.41, 5.74) is 1.77. The third-order valence-electron chi connectivity index (χ3n) is 2.91. The molecular formula is C15H22. The predicted molar refractivity (Wildman–Crippen MR) is 68.1 cm³/mol. The van der Waals surface area contributed by atoms with Crippen LogP contribution in [-0.2, 0) is 0 Å². The fourth-order valence-electron chi connectivity index (χ4n) is 2.07. The van der Waals surface area contributed by atoms with Crippen LogP contribution in [0.15, 0.2) is 43.0 Å². The minimum absolute atomic E-state index is 0.324. The highest BCUT2D eigenvalue weighted by Gasteiger charge is 2.24. The van der Waals surface area contributed by atoms with Crippen LogP contribution in [0.4, 0.5) is 0 Å². The van der Waals surface area contributed by atoms with E-state index in [4.69, 9.17) is 0 Å². The topological polar surface area (TPSA) is 0 Å². The first-order valence-corrected chi connectivity index (χ1v) is 5.71. The Balaban J connectivity index is 2.86. The average Bonchev–Trinajstić information content (AvgIpc) is 2.18. The molecule has 0 heterocycles. The molecule has 1 aromatic rings. The van der Waals surface area contributed by atoms with Gasteiger partial charge in [-0.05, 0) is 29.7 Å². The van der Waals surface area contributed by atoms with Crippen molar-refractivity contribution in [3.8, 4) is 0 Å². The van der Waals surface area contributed by atoms with E-state index >= 15 is 0 Å². The summed E-state index contributed by atoms with van der Waals surface area (Å²) in [6.07, 6.45) is 4.30. The summed E-state index contributed by atoms with van der Waals surface area (Å²) in [5, 5.41) is 0. The van der Waals surface area contributed by atoms with Crippen LogP contribution in [0.5, 0.6) is 0 Å².